The van der Waals surface area contributed by atoms with Gasteiger partial charge in [0.25, 0.3) is 0 Å². The molecule has 0 saturated heterocycles. The lowest BCUT2D eigenvalue weighted by Gasteiger charge is -2.23. The van der Waals surface area contributed by atoms with Gasteiger partial charge in [0.1, 0.15) is 11.4 Å². The number of hydrogen-bond donors (Lipinski definition) is 0. The summed E-state index contributed by atoms with van der Waals surface area (Å²) < 4.78 is 68.3. The van der Waals surface area contributed by atoms with Gasteiger partial charge in [0, 0.05) is 31.1 Å². The monoisotopic (exact) mass is 425 g/mol. The van der Waals surface area contributed by atoms with Crippen LogP contribution in [-0.2, 0) is 22.6 Å². The van der Waals surface area contributed by atoms with Crippen LogP contribution in [0.15, 0.2) is 53.8 Å². The number of sulfone groups is 1. The van der Waals surface area contributed by atoms with Crippen LogP contribution in [0.25, 0.3) is 5.57 Å². The zero-order valence-corrected chi connectivity index (χ0v) is 16.5. The van der Waals surface area contributed by atoms with Crippen LogP contribution < -0.4 is 4.74 Å². The Balaban J connectivity index is 1.97. The molecule has 0 fully saturated rings. The van der Waals surface area contributed by atoms with Crippen molar-refractivity contribution in [1.82, 2.24) is 14.9 Å². The van der Waals surface area contributed by atoms with Gasteiger partial charge in [0.2, 0.25) is 15.0 Å². The molecule has 1 aliphatic rings. The third kappa shape index (κ3) is 5.14. The first-order chi connectivity index (χ1) is 13.6. The van der Waals surface area contributed by atoms with Crippen molar-refractivity contribution in [1.29, 1.82) is 0 Å². The Bertz CT molecular complexity index is 1080. The summed E-state index contributed by atoms with van der Waals surface area (Å²) in [7, 11) is -2.45. The SMILES string of the molecule is COc1cccc(CN2C=C(c3cc(C(F)(F)F)nc(S(C)(=O)=O)n3)C=CC2)c1. The summed E-state index contributed by atoms with van der Waals surface area (Å²) >= 11 is 0. The summed E-state index contributed by atoms with van der Waals surface area (Å²) in [5.74, 6) is 0.697. The largest absolute Gasteiger partial charge is 0.497 e. The zero-order valence-electron chi connectivity index (χ0n) is 15.6. The molecule has 10 heteroatoms. The first kappa shape index (κ1) is 20.8. The van der Waals surface area contributed by atoms with Crippen molar-refractivity contribution in [3.8, 4) is 5.75 Å². The summed E-state index contributed by atoms with van der Waals surface area (Å²) in [5, 5.41) is -0.860. The number of aromatic nitrogens is 2. The number of methoxy groups -OCH3 is 1. The topological polar surface area (TPSA) is 72.4 Å². The van der Waals surface area contributed by atoms with Crippen molar-refractivity contribution in [3.63, 3.8) is 0 Å². The zero-order chi connectivity index (χ0) is 21.2. The van der Waals surface area contributed by atoms with Crippen molar-refractivity contribution in [2.24, 2.45) is 0 Å². The number of benzene rings is 1. The molecule has 6 nitrogen and oxygen atoms in total. The third-order valence-corrected chi connectivity index (χ3v) is 4.95. The van der Waals surface area contributed by atoms with E-state index in [0.29, 0.717) is 24.4 Å². The van der Waals surface area contributed by atoms with Crippen molar-refractivity contribution >= 4 is 15.4 Å². The van der Waals surface area contributed by atoms with Gasteiger partial charge in [0.05, 0.1) is 12.8 Å². The highest BCUT2D eigenvalue weighted by Gasteiger charge is 2.35. The highest BCUT2D eigenvalue weighted by atomic mass is 32.2. The second kappa shape index (κ2) is 7.86. The van der Waals surface area contributed by atoms with Crippen LogP contribution in [0, 0.1) is 0 Å². The Kier molecular flexibility index (Phi) is 5.65. The van der Waals surface area contributed by atoms with E-state index in [1.807, 2.05) is 29.2 Å². The lowest BCUT2D eigenvalue weighted by atomic mass is 10.1. The molecule has 0 N–H and O–H groups in total. The summed E-state index contributed by atoms with van der Waals surface area (Å²) in [4.78, 5) is 8.89. The first-order valence-electron chi connectivity index (χ1n) is 8.48. The van der Waals surface area contributed by atoms with Gasteiger partial charge < -0.3 is 9.64 Å². The number of ether oxygens (including phenoxy) is 1. The predicted octanol–water partition coefficient (Wildman–Crippen LogP) is 3.32. The Hall–Kier alpha value is -2.88. The summed E-state index contributed by atoms with van der Waals surface area (Å²) in [5.41, 5.74) is -0.107. The van der Waals surface area contributed by atoms with Crippen LogP contribution in [0.3, 0.4) is 0 Å². The smallest absolute Gasteiger partial charge is 0.433 e. The number of nitrogens with zero attached hydrogens (tertiary/aromatic N) is 3. The molecule has 154 valence electrons. The van der Waals surface area contributed by atoms with E-state index in [-0.39, 0.29) is 5.69 Å². The molecule has 3 rings (SSSR count). The normalized spacial score (nSPS) is 14.7. The van der Waals surface area contributed by atoms with Gasteiger partial charge in [-0.1, -0.05) is 24.3 Å². The molecule has 0 spiro atoms. The van der Waals surface area contributed by atoms with Crippen molar-refractivity contribution in [2.45, 2.75) is 17.9 Å². The van der Waals surface area contributed by atoms with Crippen LogP contribution >= 0.6 is 0 Å². The summed E-state index contributed by atoms with van der Waals surface area (Å²) in [6.07, 6.45) is 0.998. The number of hydrogen-bond acceptors (Lipinski definition) is 6. The highest BCUT2D eigenvalue weighted by Crippen LogP contribution is 2.31. The van der Waals surface area contributed by atoms with Crippen LogP contribution in [0.1, 0.15) is 17.0 Å². The van der Waals surface area contributed by atoms with Gasteiger partial charge in [-0.25, -0.2) is 18.4 Å². The average Bonchev–Trinajstić information content (AvgIpc) is 2.66. The molecule has 0 amide bonds. The molecule has 0 bridgehead atoms. The Morgan fingerprint density at radius 2 is 1.97 bits per heavy atom. The molecule has 1 aromatic carbocycles. The van der Waals surface area contributed by atoms with E-state index in [4.69, 9.17) is 4.74 Å². The molecule has 1 aliphatic heterocycles. The minimum absolute atomic E-state index is 0.112. The van der Waals surface area contributed by atoms with E-state index in [1.165, 1.54) is 0 Å². The van der Waals surface area contributed by atoms with Crippen LogP contribution in [0.5, 0.6) is 5.75 Å². The maximum Gasteiger partial charge on any atom is 0.433 e. The van der Waals surface area contributed by atoms with Gasteiger partial charge in [-0.2, -0.15) is 13.2 Å². The lowest BCUT2D eigenvalue weighted by molar-refractivity contribution is -0.141. The molecular weight excluding hydrogens is 407 g/mol. The van der Waals surface area contributed by atoms with Crippen LogP contribution in [0.2, 0.25) is 0 Å². The standard InChI is InChI=1S/C19H18F3N3O3S/c1-28-15-7-3-5-13(9-15)11-25-8-4-6-14(12-25)16-10-17(19(20,21)22)24-18(23-16)29(2,26)27/h3-7,9-10,12H,8,11H2,1-2H3. The molecule has 0 radical (unpaired) electrons. The number of halogens is 3. The number of rotatable bonds is 5. The fourth-order valence-electron chi connectivity index (χ4n) is 2.76. The fraction of sp³-hybridized carbons (Fsp3) is 0.263. The van der Waals surface area contributed by atoms with Gasteiger partial charge in [0.15, 0.2) is 0 Å². The molecule has 1 aromatic heterocycles. The van der Waals surface area contributed by atoms with Crippen LogP contribution in [-0.4, -0.2) is 43.2 Å². The van der Waals surface area contributed by atoms with Gasteiger partial charge in [-0.05, 0) is 23.8 Å². The van der Waals surface area contributed by atoms with Gasteiger partial charge >= 0.3 is 6.18 Å². The molecule has 0 saturated carbocycles. The third-order valence-electron chi connectivity index (χ3n) is 4.10. The Labute approximate surface area is 166 Å². The molecule has 0 aliphatic carbocycles. The minimum atomic E-state index is -4.80. The van der Waals surface area contributed by atoms with Gasteiger partial charge in [-0.3, -0.25) is 0 Å². The maximum absolute atomic E-state index is 13.2. The minimum Gasteiger partial charge on any atom is -0.497 e. The fourth-order valence-corrected chi connectivity index (χ4v) is 3.29. The summed E-state index contributed by atoms with van der Waals surface area (Å²) in [6.45, 7) is 1.03. The van der Waals surface area contributed by atoms with Crippen LogP contribution in [0.4, 0.5) is 13.2 Å². The second-order valence-electron chi connectivity index (χ2n) is 6.46. The van der Waals surface area contributed by atoms with E-state index < -0.39 is 26.9 Å². The number of alkyl halides is 3. The first-order valence-corrected chi connectivity index (χ1v) is 10.4. The highest BCUT2D eigenvalue weighted by molar-refractivity contribution is 7.90. The Morgan fingerprint density at radius 1 is 1.21 bits per heavy atom. The van der Waals surface area contributed by atoms with E-state index in [1.54, 1.807) is 25.5 Å². The predicted molar refractivity (Wildman–Crippen MR) is 101 cm³/mol. The van der Waals surface area contributed by atoms with E-state index in [2.05, 4.69) is 9.97 Å². The van der Waals surface area contributed by atoms with E-state index >= 15 is 0 Å². The molecule has 0 atom stereocenters. The quantitative estimate of drug-likeness (QED) is 0.685. The van der Waals surface area contributed by atoms with Crippen molar-refractivity contribution in [2.75, 3.05) is 19.9 Å². The second-order valence-corrected chi connectivity index (χ2v) is 8.37. The molecule has 29 heavy (non-hydrogen) atoms. The molecule has 0 unspecified atom stereocenters. The number of allylic oxidation sites excluding steroid dienone is 2. The molecule has 2 aromatic rings. The summed E-state index contributed by atoms with van der Waals surface area (Å²) in [6, 6.07) is 8.17. The molecule has 2 heterocycles. The van der Waals surface area contributed by atoms with Gasteiger partial charge in [-0.15, -0.1) is 0 Å². The average molecular weight is 425 g/mol. The molecular formula is C19H18F3N3O3S. The maximum atomic E-state index is 13.2. The van der Waals surface area contributed by atoms with E-state index in [9.17, 15) is 21.6 Å². The van der Waals surface area contributed by atoms with E-state index in [0.717, 1.165) is 17.9 Å². The Morgan fingerprint density at radius 3 is 2.62 bits per heavy atom. The lowest BCUT2D eigenvalue weighted by Crippen LogP contribution is -2.20. The van der Waals surface area contributed by atoms with Crippen molar-refractivity contribution < 1.29 is 26.3 Å². The van der Waals surface area contributed by atoms with Crippen molar-refractivity contribution in [3.05, 3.63) is 65.6 Å².